The Bertz CT molecular complexity index is 2220. The molecule has 15 heteroatoms. The summed E-state index contributed by atoms with van der Waals surface area (Å²) < 4.78 is 85.0. The van der Waals surface area contributed by atoms with E-state index in [-0.39, 0.29) is 50.8 Å². The molecule has 0 fully saturated rings. The number of rotatable bonds is 9. The molecule has 5 rings (SSSR count). The Hall–Kier alpha value is -4.53. The number of carbonyl (C=O) groups excluding carboxylic acids is 1. The van der Waals surface area contributed by atoms with Crippen molar-refractivity contribution < 1.29 is 30.4 Å². The minimum atomic E-state index is -4.63. The van der Waals surface area contributed by atoms with Crippen LogP contribution in [0.25, 0.3) is 22.0 Å². The van der Waals surface area contributed by atoms with E-state index in [1.54, 1.807) is 0 Å². The molecule has 0 bridgehead atoms. The van der Waals surface area contributed by atoms with Gasteiger partial charge in [0.25, 0.3) is 21.5 Å². The Labute approximate surface area is 255 Å². The summed E-state index contributed by atoms with van der Waals surface area (Å²) in [5.41, 5.74) is -0.689. The Kier molecular flexibility index (Phi) is 8.34. The highest BCUT2D eigenvalue weighted by atomic mass is 35.5. The number of H-pyrrole nitrogens is 1. The lowest BCUT2D eigenvalue weighted by Gasteiger charge is -2.14. The maximum absolute atomic E-state index is 14.8. The van der Waals surface area contributed by atoms with E-state index in [0.717, 1.165) is 18.2 Å². The third-order valence-electron chi connectivity index (χ3n) is 6.70. The van der Waals surface area contributed by atoms with Crippen LogP contribution in [0.1, 0.15) is 23.0 Å². The average Bonchev–Trinajstić information content (AvgIpc) is 3.27. The molecule has 0 atom stereocenters. The number of nitrogens with zero attached hydrogens (tertiary/aromatic N) is 1. The molecule has 228 valence electrons. The van der Waals surface area contributed by atoms with Crippen molar-refractivity contribution in [3.63, 3.8) is 0 Å². The lowest BCUT2D eigenvalue weighted by Crippen LogP contribution is -2.33. The summed E-state index contributed by atoms with van der Waals surface area (Å²) in [5.74, 6) is -3.17. The second-order valence-corrected chi connectivity index (χ2v) is 13.7. The molecule has 1 amide bonds. The highest BCUT2D eigenvalue weighted by Crippen LogP contribution is 2.36. The van der Waals surface area contributed by atoms with Crippen LogP contribution in [0.3, 0.4) is 0 Å². The number of anilines is 1. The van der Waals surface area contributed by atoms with Gasteiger partial charge in [-0.1, -0.05) is 23.7 Å². The predicted molar refractivity (Wildman–Crippen MR) is 163 cm³/mol. The average molecular weight is 661 g/mol. The number of pyridine rings is 1. The molecule has 2 aromatic heterocycles. The third kappa shape index (κ3) is 6.23. The zero-order chi connectivity index (χ0) is 31.8. The summed E-state index contributed by atoms with van der Waals surface area (Å²) in [6.45, 7) is 1.05. The maximum Gasteiger partial charge on any atom is 0.282 e. The number of aromatic nitrogens is 2. The first-order valence-corrected chi connectivity index (χ1v) is 16.4. The van der Waals surface area contributed by atoms with E-state index >= 15 is 0 Å². The van der Waals surface area contributed by atoms with Gasteiger partial charge in [0.05, 0.1) is 17.2 Å². The minimum Gasteiger partial charge on any atom is -0.331 e. The van der Waals surface area contributed by atoms with E-state index in [9.17, 15) is 35.2 Å². The second-order valence-electron chi connectivity index (χ2n) is 9.59. The van der Waals surface area contributed by atoms with E-state index in [4.69, 9.17) is 11.6 Å². The van der Waals surface area contributed by atoms with Crippen LogP contribution >= 0.6 is 11.6 Å². The van der Waals surface area contributed by atoms with Crippen LogP contribution in [0.4, 0.5) is 14.5 Å². The zero-order valence-corrected chi connectivity index (χ0v) is 25.2. The summed E-state index contributed by atoms with van der Waals surface area (Å²) >= 11 is 6.28. The smallest absolute Gasteiger partial charge is 0.282 e. The van der Waals surface area contributed by atoms with Crippen molar-refractivity contribution in [2.75, 3.05) is 10.5 Å². The Balaban J connectivity index is 1.70. The molecule has 0 unspecified atom stereocenters. The van der Waals surface area contributed by atoms with E-state index < -0.39 is 48.0 Å². The molecule has 0 saturated carbocycles. The monoisotopic (exact) mass is 660 g/mol. The summed E-state index contributed by atoms with van der Waals surface area (Å²) in [5, 5.41) is 0.525. The molecule has 0 spiro atoms. The fraction of sp³-hybridized carbons (Fsp3) is 0.103. The molecule has 10 nitrogen and oxygen atoms in total. The highest BCUT2D eigenvalue weighted by Gasteiger charge is 2.29. The van der Waals surface area contributed by atoms with Crippen molar-refractivity contribution in [3.05, 3.63) is 117 Å². The van der Waals surface area contributed by atoms with Crippen LogP contribution in [0.5, 0.6) is 0 Å². The topological polar surface area (TPSA) is 147 Å². The molecule has 0 aliphatic carbocycles. The molecule has 0 aliphatic rings. The van der Waals surface area contributed by atoms with Gasteiger partial charge in [-0.05, 0) is 61.5 Å². The van der Waals surface area contributed by atoms with Gasteiger partial charge in [-0.15, -0.1) is 0 Å². The van der Waals surface area contributed by atoms with Gasteiger partial charge in [0.1, 0.15) is 17.3 Å². The largest absolute Gasteiger partial charge is 0.331 e. The molecule has 0 saturated heterocycles. The first-order valence-electron chi connectivity index (χ1n) is 12.9. The molecule has 0 radical (unpaired) electrons. The number of benzene rings is 3. The van der Waals surface area contributed by atoms with Crippen molar-refractivity contribution in [1.82, 2.24) is 14.3 Å². The predicted octanol–water partition coefficient (Wildman–Crippen LogP) is 4.86. The molecular weight excluding hydrogens is 638 g/mol. The van der Waals surface area contributed by atoms with Gasteiger partial charge in [0.2, 0.25) is 10.0 Å². The number of aromatic amines is 1. The van der Waals surface area contributed by atoms with Crippen molar-refractivity contribution in [2.24, 2.45) is 0 Å². The lowest BCUT2D eigenvalue weighted by atomic mass is 10.0. The van der Waals surface area contributed by atoms with Gasteiger partial charge in [-0.25, -0.2) is 30.3 Å². The van der Waals surface area contributed by atoms with E-state index in [0.29, 0.717) is 11.6 Å². The van der Waals surface area contributed by atoms with Gasteiger partial charge in [0, 0.05) is 50.6 Å². The summed E-state index contributed by atoms with van der Waals surface area (Å²) in [7, 11) is -8.37. The Morgan fingerprint density at radius 2 is 1.75 bits per heavy atom. The first-order chi connectivity index (χ1) is 20.8. The van der Waals surface area contributed by atoms with Gasteiger partial charge in [0.15, 0.2) is 0 Å². The summed E-state index contributed by atoms with van der Waals surface area (Å²) in [4.78, 5) is 29.0. The van der Waals surface area contributed by atoms with Crippen molar-refractivity contribution in [1.29, 1.82) is 0 Å². The summed E-state index contributed by atoms with van der Waals surface area (Å²) in [6.07, 6.45) is 1.37. The second kappa shape index (κ2) is 11.9. The number of carbonyl (C=O) groups is 1. The number of sulfonamides is 2. The van der Waals surface area contributed by atoms with Crippen molar-refractivity contribution in [2.45, 2.75) is 18.4 Å². The molecule has 3 aromatic carbocycles. The van der Waals surface area contributed by atoms with Crippen molar-refractivity contribution >= 4 is 54.1 Å². The number of nitrogens with one attached hydrogen (secondary N) is 3. The molecule has 5 aromatic rings. The van der Waals surface area contributed by atoms with Gasteiger partial charge >= 0.3 is 0 Å². The minimum absolute atomic E-state index is 0.00314. The van der Waals surface area contributed by atoms with E-state index in [1.807, 2.05) is 4.72 Å². The molecule has 2 heterocycles. The Morgan fingerprint density at radius 1 is 0.977 bits per heavy atom. The normalized spacial score (nSPS) is 11.9. The number of hydrogen-bond acceptors (Lipinski definition) is 6. The molecular formula is C29H23ClF2N4O6S2. The molecule has 44 heavy (non-hydrogen) atoms. The Morgan fingerprint density at radius 3 is 2.45 bits per heavy atom. The van der Waals surface area contributed by atoms with Crippen LogP contribution < -0.4 is 15.0 Å². The molecule has 3 N–H and O–H groups in total. The standard InChI is InChI=1S/C29H23ClF2N4O6S2/c1-2-43(39,40)34-20-5-3-6-21(15-20)44(41,42)35-29(38)27-26(22-7-4-12-33-28(22)37)23-13-18(30)9-11-25(23)36(27)16-17-8-10-19(31)14-24(17)32/h3-15,34H,2,16H2,1H3,(H,33,37)(H,35,38). The van der Waals surface area contributed by atoms with Gasteiger partial charge < -0.3 is 9.55 Å². The van der Waals surface area contributed by atoms with E-state index in [1.165, 1.54) is 66.2 Å². The van der Waals surface area contributed by atoms with Crippen LogP contribution in [-0.4, -0.2) is 38.0 Å². The van der Waals surface area contributed by atoms with Crippen LogP contribution in [-0.2, 0) is 26.6 Å². The maximum atomic E-state index is 14.8. The fourth-order valence-corrected chi connectivity index (χ4v) is 6.45. The number of halogens is 3. The third-order valence-corrected chi connectivity index (χ3v) is 9.57. The SMILES string of the molecule is CCS(=O)(=O)Nc1cccc(S(=O)(=O)NC(=O)c2c(-c3ccc[nH]c3=O)c3cc(Cl)ccc3n2Cc2ccc(F)cc2F)c1. The van der Waals surface area contributed by atoms with Gasteiger partial charge in [-0.2, -0.15) is 0 Å². The van der Waals surface area contributed by atoms with Gasteiger partial charge in [-0.3, -0.25) is 14.3 Å². The first kappa shape index (κ1) is 30.9. The quantitative estimate of drug-likeness (QED) is 0.206. The lowest BCUT2D eigenvalue weighted by molar-refractivity contribution is 0.0974. The van der Waals surface area contributed by atoms with Crippen LogP contribution in [0.2, 0.25) is 5.02 Å². The zero-order valence-electron chi connectivity index (χ0n) is 22.8. The number of hydrogen-bond donors (Lipinski definition) is 3. The summed E-state index contributed by atoms with van der Waals surface area (Å²) in [6, 6.07) is 15.1. The van der Waals surface area contributed by atoms with E-state index in [2.05, 4.69) is 9.71 Å². The van der Waals surface area contributed by atoms with Crippen LogP contribution in [0.15, 0.2) is 88.7 Å². The van der Waals surface area contributed by atoms with Crippen molar-refractivity contribution in [3.8, 4) is 11.1 Å². The van der Waals surface area contributed by atoms with Crippen LogP contribution in [0, 0.1) is 11.6 Å². The number of amides is 1. The number of fused-ring (bicyclic) bond motifs is 1. The fourth-order valence-electron chi connectivity index (χ4n) is 4.65. The molecule has 0 aliphatic heterocycles. The highest BCUT2D eigenvalue weighted by molar-refractivity contribution is 7.92.